The summed E-state index contributed by atoms with van der Waals surface area (Å²) in [6.07, 6.45) is 1.84. The minimum absolute atomic E-state index is 0.000179. The Kier molecular flexibility index (Phi) is 4.53. The molecule has 144 valence electrons. The molecule has 5 rings (SSSR count). The van der Waals surface area contributed by atoms with E-state index in [0.717, 1.165) is 30.6 Å². The zero-order chi connectivity index (χ0) is 19.8. The van der Waals surface area contributed by atoms with Gasteiger partial charge in [0.15, 0.2) is 0 Å². The van der Waals surface area contributed by atoms with Gasteiger partial charge in [-0.2, -0.15) is 0 Å². The van der Waals surface area contributed by atoms with Gasteiger partial charge in [-0.25, -0.2) is 0 Å². The lowest BCUT2D eigenvalue weighted by atomic mass is 10.00. The fraction of sp³-hybridized carbons (Fsp3) is 0.192. The van der Waals surface area contributed by atoms with Crippen molar-refractivity contribution >= 4 is 16.6 Å². The number of hydrogen-bond donors (Lipinski definition) is 1. The summed E-state index contributed by atoms with van der Waals surface area (Å²) in [6.45, 7) is 3.02. The third kappa shape index (κ3) is 3.28. The number of hydrogen-bond acceptors (Lipinski definition) is 3. The van der Waals surface area contributed by atoms with E-state index in [-0.39, 0.29) is 6.17 Å². The molecule has 0 bridgehead atoms. The molecule has 0 aliphatic carbocycles. The Labute approximate surface area is 171 Å². The fourth-order valence-corrected chi connectivity index (χ4v) is 4.44. The van der Waals surface area contributed by atoms with E-state index in [1.54, 1.807) is 0 Å². The van der Waals surface area contributed by atoms with E-state index in [2.05, 4.69) is 90.7 Å². The minimum atomic E-state index is 0.000179. The SMILES string of the molecule is Cc1nc2ccc(-c3ccccc3)cc2c2c1CC(N)N2CCc1ccccc1. The van der Waals surface area contributed by atoms with Crippen LogP contribution >= 0.6 is 0 Å². The fourth-order valence-electron chi connectivity index (χ4n) is 4.44. The number of anilines is 1. The molecule has 0 fully saturated rings. The van der Waals surface area contributed by atoms with Crippen LogP contribution in [-0.2, 0) is 12.8 Å². The molecule has 0 amide bonds. The maximum Gasteiger partial charge on any atom is 0.0813 e. The van der Waals surface area contributed by atoms with Gasteiger partial charge in [-0.1, -0.05) is 66.7 Å². The van der Waals surface area contributed by atoms with Gasteiger partial charge in [-0.05, 0) is 42.2 Å². The van der Waals surface area contributed by atoms with Gasteiger partial charge in [0, 0.05) is 29.6 Å². The number of fused-ring (bicyclic) bond motifs is 3. The van der Waals surface area contributed by atoms with Crippen LogP contribution in [0.5, 0.6) is 0 Å². The van der Waals surface area contributed by atoms with Gasteiger partial charge < -0.3 is 10.6 Å². The maximum absolute atomic E-state index is 6.60. The average molecular weight is 380 g/mol. The number of pyridine rings is 1. The van der Waals surface area contributed by atoms with Crippen molar-refractivity contribution in [3.63, 3.8) is 0 Å². The lowest BCUT2D eigenvalue weighted by Crippen LogP contribution is -2.40. The minimum Gasteiger partial charge on any atom is -0.355 e. The molecule has 2 N–H and O–H groups in total. The molecule has 29 heavy (non-hydrogen) atoms. The highest BCUT2D eigenvalue weighted by molar-refractivity contribution is 5.97. The van der Waals surface area contributed by atoms with Crippen LogP contribution in [0.4, 0.5) is 5.69 Å². The van der Waals surface area contributed by atoms with Crippen LogP contribution in [-0.4, -0.2) is 17.7 Å². The van der Waals surface area contributed by atoms with Gasteiger partial charge in [0.2, 0.25) is 0 Å². The average Bonchev–Trinajstić information content (AvgIpc) is 3.10. The van der Waals surface area contributed by atoms with E-state index in [9.17, 15) is 0 Å². The molecule has 3 heteroatoms. The van der Waals surface area contributed by atoms with E-state index in [4.69, 9.17) is 10.7 Å². The molecular formula is C26H25N3. The predicted octanol–water partition coefficient (Wildman–Crippen LogP) is 5.10. The molecule has 2 heterocycles. The van der Waals surface area contributed by atoms with Gasteiger partial charge in [0.1, 0.15) is 0 Å². The lowest BCUT2D eigenvalue weighted by Gasteiger charge is -2.26. The summed E-state index contributed by atoms with van der Waals surface area (Å²) < 4.78 is 0. The largest absolute Gasteiger partial charge is 0.355 e. The van der Waals surface area contributed by atoms with E-state index in [0.29, 0.717) is 0 Å². The third-order valence-corrected chi connectivity index (χ3v) is 5.95. The van der Waals surface area contributed by atoms with Crippen LogP contribution in [0.25, 0.3) is 22.0 Å². The molecule has 1 aliphatic rings. The van der Waals surface area contributed by atoms with Crippen molar-refractivity contribution in [1.82, 2.24) is 4.98 Å². The normalized spacial score (nSPS) is 15.7. The summed E-state index contributed by atoms with van der Waals surface area (Å²) >= 11 is 0. The molecule has 3 aromatic carbocycles. The number of rotatable bonds is 4. The van der Waals surface area contributed by atoms with Gasteiger partial charge in [0.25, 0.3) is 0 Å². The zero-order valence-corrected chi connectivity index (χ0v) is 16.7. The second-order valence-electron chi connectivity index (χ2n) is 7.82. The van der Waals surface area contributed by atoms with Crippen LogP contribution in [0.3, 0.4) is 0 Å². The van der Waals surface area contributed by atoms with Crippen LogP contribution < -0.4 is 10.6 Å². The number of aromatic nitrogens is 1. The summed E-state index contributed by atoms with van der Waals surface area (Å²) in [5, 5.41) is 1.20. The molecule has 4 aromatic rings. The third-order valence-electron chi connectivity index (χ3n) is 5.95. The molecule has 0 spiro atoms. The molecule has 0 radical (unpaired) electrons. The van der Waals surface area contributed by atoms with Crippen molar-refractivity contribution in [2.75, 3.05) is 11.4 Å². The van der Waals surface area contributed by atoms with E-state index >= 15 is 0 Å². The first-order valence-corrected chi connectivity index (χ1v) is 10.3. The molecular weight excluding hydrogens is 354 g/mol. The van der Waals surface area contributed by atoms with Gasteiger partial charge in [-0.15, -0.1) is 0 Å². The Morgan fingerprint density at radius 2 is 1.66 bits per heavy atom. The quantitative estimate of drug-likeness (QED) is 0.536. The highest BCUT2D eigenvalue weighted by Crippen LogP contribution is 2.39. The van der Waals surface area contributed by atoms with Gasteiger partial charge >= 0.3 is 0 Å². The summed E-state index contributed by atoms with van der Waals surface area (Å²) in [5.74, 6) is 0. The second-order valence-corrected chi connectivity index (χ2v) is 7.82. The van der Waals surface area contributed by atoms with Crippen molar-refractivity contribution in [3.05, 3.63) is 95.7 Å². The standard InChI is InChI=1S/C26H25N3/c1-18-22-17-25(27)29(15-14-19-8-4-2-5-9-19)26(22)23-16-21(12-13-24(23)28-18)20-10-6-3-7-11-20/h2-13,16,25H,14-15,17,27H2,1H3. The molecule has 1 unspecified atom stereocenters. The highest BCUT2D eigenvalue weighted by atomic mass is 15.2. The van der Waals surface area contributed by atoms with E-state index in [1.807, 2.05) is 0 Å². The molecule has 3 nitrogen and oxygen atoms in total. The van der Waals surface area contributed by atoms with Gasteiger partial charge in [0.05, 0.1) is 17.4 Å². The monoisotopic (exact) mass is 379 g/mol. The molecule has 1 atom stereocenters. The molecule has 1 aliphatic heterocycles. The smallest absolute Gasteiger partial charge is 0.0813 e. The van der Waals surface area contributed by atoms with Crippen molar-refractivity contribution in [3.8, 4) is 11.1 Å². The van der Waals surface area contributed by atoms with Crippen molar-refractivity contribution in [1.29, 1.82) is 0 Å². The van der Waals surface area contributed by atoms with Crippen molar-refractivity contribution < 1.29 is 0 Å². The second kappa shape index (κ2) is 7.34. The maximum atomic E-state index is 6.60. The van der Waals surface area contributed by atoms with Crippen LogP contribution in [0, 0.1) is 6.92 Å². The van der Waals surface area contributed by atoms with E-state index < -0.39 is 0 Å². The van der Waals surface area contributed by atoms with Crippen LogP contribution in [0.2, 0.25) is 0 Å². The summed E-state index contributed by atoms with van der Waals surface area (Å²) in [4.78, 5) is 7.27. The van der Waals surface area contributed by atoms with Crippen LogP contribution in [0.1, 0.15) is 16.8 Å². The number of nitrogens with zero attached hydrogens (tertiary/aromatic N) is 2. The van der Waals surface area contributed by atoms with Crippen molar-refractivity contribution in [2.45, 2.75) is 25.9 Å². The van der Waals surface area contributed by atoms with Gasteiger partial charge in [-0.3, -0.25) is 4.98 Å². The van der Waals surface area contributed by atoms with Crippen molar-refractivity contribution in [2.24, 2.45) is 5.73 Å². The Morgan fingerprint density at radius 1 is 0.931 bits per heavy atom. The Bertz CT molecular complexity index is 1150. The molecule has 1 aromatic heterocycles. The van der Waals surface area contributed by atoms with E-state index in [1.165, 1.54) is 33.3 Å². The number of benzene rings is 3. The highest BCUT2D eigenvalue weighted by Gasteiger charge is 2.30. The summed E-state index contributed by atoms with van der Waals surface area (Å²) in [6, 6.07) is 27.8. The number of aryl methyl sites for hydroxylation is 1. The lowest BCUT2D eigenvalue weighted by molar-refractivity contribution is 0.644. The first-order valence-electron chi connectivity index (χ1n) is 10.3. The number of nitrogens with two attached hydrogens (primary N) is 1. The molecule has 0 saturated heterocycles. The summed E-state index contributed by atoms with van der Waals surface area (Å²) in [7, 11) is 0. The zero-order valence-electron chi connectivity index (χ0n) is 16.7. The predicted molar refractivity (Wildman–Crippen MR) is 121 cm³/mol. The summed E-state index contributed by atoms with van der Waals surface area (Å²) in [5.41, 5.74) is 15.1. The first kappa shape index (κ1) is 17.9. The Hall–Kier alpha value is -3.17. The Balaban J connectivity index is 1.59. The first-order chi connectivity index (χ1) is 14.2. The van der Waals surface area contributed by atoms with Crippen LogP contribution in [0.15, 0.2) is 78.9 Å². The topological polar surface area (TPSA) is 42.1 Å². The molecule has 0 saturated carbocycles. The Morgan fingerprint density at radius 3 is 2.41 bits per heavy atom.